The van der Waals surface area contributed by atoms with Gasteiger partial charge in [0.25, 0.3) is 0 Å². The average Bonchev–Trinajstić information content (AvgIpc) is 2.60. The van der Waals surface area contributed by atoms with Crippen LogP contribution in [0.4, 0.5) is 0 Å². The maximum atomic E-state index is 9.49. The first-order chi connectivity index (χ1) is 6.83. The van der Waals surface area contributed by atoms with Crippen LogP contribution < -0.4 is 0 Å². The van der Waals surface area contributed by atoms with Gasteiger partial charge in [-0.2, -0.15) is 11.8 Å². The summed E-state index contributed by atoms with van der Waals surface area (Å²) in [7, 11) is 0. The van der Waals surface area contributed by atoms with Gasteiger partial charge in [-0.25, -0.2) is 4.68 Å². The number of hydrogen-bond donors (Lipinski definition) is 1. The molecular formula is C9H11N3OS. The molecular weight excluding hydrogens is 198 g/mol. The average molecular weight is 209 g/mol. The van der Waals surface area contributed by atoms with Gasteiger partial charge >= 0.3 is 0 Å². The van der Waals surface area contributed by atoms with Crippen molar-refractivity contribution in [3.05, 3.63) is 18.2 Å². The Morgan fingerprint density at radius 2 is 2.36 bits per heavy atom. The molecule has 2 rings (SSSR count). The Bertz CT molecular complexity index is 441. The lowest BCUT2D eigenvalue weighted by molar-refractivity contribution is 0.480. The molecule has 0 bridgehead atoms. The predicted octanol–water partition coefficient (Wildman–Crippen LogP) is 1.50. The third kappa shape index (κ3) is 1.55. The number of fused-ring (bicyclic) bond motifs is 1. The minimum atomic E-state index is 0.193. The summed E-state index contributed by atoms with van der Waals surface area (Å²) in [5.41, 5.74) is 1.47. The van der Waals surface area contributed by atoms with Gasteiger partial charge in [0, 0.05) is 5.75 Å². The van der Waals surface area contributed by atoms with E-state index in [4.69, 9.17) is 0 Å². The highest BCUT2D eigenvalue weighted by Gasteiger charge is 2.06. The summed E-state index contributed by atoms with van der Waals surface area (Å²) in [5, 5.41) is 17.4. The topological polar surface area (TPSA) is 50.9 Å². The highest BCUT2D eigenvalue weighted by Crippen LogP contribution is 2.21. The van der Waals surface area contributed by atoms with Gasteiger partial charge < -0.3 is 5.11 Å². The first kappa shape index (κ1) is 9.33. The van der Waals surface area contributed by atoms with Crippen LogP contribution in [0, 0.1) is 0 Å². The van der Waals surface area contributed by atoms with Gasteiger partial charge in [-0.15, -0.1) is 5.10 Å². The third-order valence-corrected chi connectivity index (χ3v) is 2.62. The number of phenolic OH excluding ortho intramolecular Hbond substituents is 1. The molecule has 1 aromatic heterocycles. The SMILES string of the molecule is CSCCn1nnc2c(O)cccc21. The molecule has 14 heavy (non-hydrogen) atoms. The minimum absolute atomic E-state index is 0.193. The molecule has 1 N–H and O–H groups in total. The minimum Gasteiger partial charge on any atom is -0.506 e. The first-order valence-electron chi connectivity index (χ1n) is 4.33. The number of aromatic nitrogens is 3. The largest absolute Gasteiger partial charge is 0.506 e. The van der Waals surface area contributed by atoms with E-state index in [1.165, 1.54) is 0 Å². The summed E-state index contributed by atoms with van der Waals surface area (Å²) < 4.78 is 1.81. The molecule has 0 spiro atoms. The molecule has 5 heteroatoms. The third-order valence-electron chi connectivity index (χ3n) is 2.03. The molecule has 0 amide bonds. The van der Waals surface area contributed by atoms with Crippen LogP contribution >= 0.6 is 11.8 Å². The summed E-state index contributed by atoms with van der Waals surface area (Å²) in [6.45, 7) is 0.821. The lowest BCUT2D eigenvalue weighted by Crippen LogP contribution is -2.01. The van der Waals surface area contributed by atoms with Crippen molar-refractivity contribution in [2.24, 2.45) is 0 Å². The van der Waals surface area contributed by atoms with Crippen LogP contribution in [0.3, 0.4) is 0 Å². The molecule has 1 aromatic carbocycles. The normalized spacial score (nSPS) is 10.9. The molecule has 0 aliphatic carbocycles. The van der Waals surface area contributed by atoms with Gasteiger partial charge in [0.15, 0.2) is 5.52 Å². The molecule has 1 heterocycles. The lowest BCUT2D eigenvalue weighted by Gasteiger charge is -1.99. The maximum absolute atomic E-state index is 9.49. The van der Waals surface area contributed by atoms with Gasteiger partial charge in [-0.1, -0.05) is 11.3 Å². The highest BCUT2D eigenvalue weighted by atomic mass is 32.2. The molecule has 4 nitrogen and oxygen atoms in total. The van der Waals surface area contributed by atoms with Crippen LogP contribution in [0.15, 0.2) is 18.2 Å². The van der Waals surface area contributed by atoms with Crippen LogP contribution in [0.2, 0.25) is 0 Å². The molecule has 0 aliphatic rings. The fraction of sp³-hybridized carbons (Fsp3) is 0.333. The zero-order chi connectivity index (χ0) is 9.97. The Hall–Kier alpha value is -1.23. The Labute approximate surface area is 85.9 Å². The van der Waals surface area contributed by atoms with Crippen LogP contribution in [-0.4, -0.2) is 32.1 Å². The number of hydrogen-bond acceptors (Lipinski definition) is 4. The van der Waals surface area contributed by atoms with E-state index in [-0.39, 0.29) is 5.75 Å². The number of phenols is 1. The summed E-state index contributed by atoms with van der Waals surface area (Å²) in [5.74, 6) is 1.19. The summed E-state index contributed by atoms with van der Waals surface area (Å²) in [4.78, 5) is 0. The summed E-state index contributed by atoms with van der Waals surface area (Å²) in [6, 6.07) is 5.34. The smallest absolute Gasteiger partial charge is 0.154 e. The zero-order valence-electron chi connectivity index (χ0n) is 7.84. The Balaban J connectivity index is 2.42. The van der Waals surface area contributed by atoms with E-state index in [0.717, 1.165) is 17.8 Å². The number of thioether (sulfide) groups is 1. The highest BCUT2D eigenvalue weighted by molar-refractivity contribution is 7.98. The van der Waals surface area contributed by atoms with Gasteiger partial charge in [0.1, 0.15) is 5.75 Å². The van der Waals surface area contributed by atoms with Crippen molar-refractivity contribution in [1.82, 2.24) is 15.0 Å². The van der Waals surface area contributed by atoms with Crippen LogP contribution in [0.1, 0.15) is 0 Å². The number of benzene rings is 1. The second-order valence-electron chi connectivity index (χ2n) is 2.95. The molecule has 74 valence electrons. The van der Waals surface area contributed by atoms with Crippen molar-refractivity contribution in [3.63, 3.8) is 0 Å². The number of rotatable bonds is 3. The molecule has 0 unspecified atom stereocenters. The fourth-order valence-corrected chi connectivity index (χ4v) is 1.68. The summed E-state index contributed by atoms with van der Waals surface area (Å²) in [6.07, 6.45) is 2.05. The molecule has 0 radical (unpaired) electrons. The van der Waals surface area contributed by atoms with Crippen LogP contribution in [0.5, 0.6) is 5.75 Å². The Morgan fingerprint density at radius 3 is 3.14 bits per heavy atom. The van der Waals surface area contributed by atoms with Crippen molar-refractivity contribution in [3.8, 4) is 5.75 Å². The van der Waals surface area contributed by atoms with Crippen LogP contribution in [0.25, 0.3) is 11.0 Å². The van der Waals surface area contributed by atoms with Crippen molar-refractivity contribution in [2.75, 3.05) is 12.0 Å². The molecule has 2 aromatic rings. The Kier molecular flexibility index (Phi) is 2.58. The van der Waals surface area contributed by atoms with E-state index in [1.807, 2.05) is 10.7 Å². The number of aromatic hydroxyl groups is 1. The van der Waals surface area contributed by atoms with Crippen molar-refractivity contribution in [1.29, 1.82) is 0 Å². The summed E-state index contributed by atoms with van der Waals surface area (Å²) >= 11 is 1.76. The zero-order valence-corrected chi connectivity index (χ0v) is 8.66. The standard InChI is InChI=1S/C9H11N3OS/c1-14-6-5-12-7-3-2-4-8(13)9(7)10-11-12/h2-4,13H,5-6H2,1H3. The molecule has 0 aliphatic heterocycles. The van der Waals surface area contributed by atoms with Gasteiger partial charge in [-0.3, -0.25) is 0 Å². The predicted molar refractivity (Wildman–Crippen MR) is 57.6 cm³/mol. The Morgan fingerprint density at radius 1 is 1.50 bits per heavy atom. The van der Waals surface area contributed by atoms with Gasteiger partial charge in [0.05, 0.1) is 12.1 Å². The van der Waals surface area contributed by atoms with Crippen molar-refractivity contribution in [2.45, 2.75) is 6.54 Å². The van der Waals surface area contributed by atoms with E-state index in [1.54, 1.807) is 23.9 Å². The molecule has 0 saturated carbocycles. The fourth-order valence-electron chi connectivity index (χ4n) is 1.32. The molecule has 0 fully saturated rings. The van der Waals surface area contributed by atoms with E-state index in [9.17, 15) is 5.11 Å². The van der Waals surface area contributed by atoms with E-state index in [2.05, 4.69) is 16.6 Å². The van der Waals surface area contributed by atoms with E-state index in [0.29, 0.717) is 5.52 Å². The second kappa shape index (κ2) is 3.88. The quantitative estimate of drug-likeness (QED) is 0.832. The molecule has 0 atom stereocenters. The van der Waals surface area contributed by atoms with Gasteiger partial charge in [0.2, 0.25) is 0 Å². The number of aryl methyl sites for hydroxylation is 1. The van der Waals surface area contributed by atoms with Crippen LogP contribution in [-0.2, 0) is 6.54 Å². The van der Waals surface area contributed by atoms with E-state index >= 15 is 0 Å². The van der Waals surface area contributed by atoms with Gasteiger partial charge in [-0.05, 0) is 18.4 Å². The molecule has 0 saturated heterocycles. The monoisotopic (exact) mass is 209 g/mol. The second-order valence-corrected chi connectivity index (χ2v) is 3.94. The number of nitrogens with zero attached hydrogens (tertiary/aromatic N) is 3. The first-order valence-corrected chi connectivity index (χ1v) is 5.72. The van der Waals surface area contributed by atoms with Crippen molar-refractivity contribution < 1.29 is 5.11 Å². The lowest BCUT2D eigenvalue weighted by atomic mass is 10.3. The van der Waals surface area contributed by atoms with Crippen molar-refractivity contribution >= 4 is 22.8 Å². The maximum Gasteiger partial charge on any atom is 0.154 e. The van der Waals surface area contributed by atoms with E-state index < -0.39 is 0 Å².